The summed E-state index contributed by atoms with van der Waals surface area (Å²) in [6.07, 6.45) is -0.0217. The van der Waals surface area contributed by atoms with E-state index in [1.165, 1.54) is 0 Å². The molecule has 0 aromatic heterocycles. The van der Waals surface area contributed by atoms with Gasteiger partial charge >= 0.3 is 5.97 Å². The smallest absolute Gasteiger partial charge is 0.338 e. The van der Waals surface area contributed by atoms with Gasteiger partial charge in [-0.2, -0.15) is 0 Å². The van der Waals surface area contributed by atoms with Gasteiger partial charge in [-0.15, -0.1) is 0 Å². The molecule has 4 heteroatoms. The topological polar surface area (TPSA) is 44.8 Å². The van der Waals surface area contributed by atoms with Crippen molar-refractivity contribution >= 4 is 5.97 Å². The maximum absolute atomic E-state index is 11.9. The second kappa shape index (κ2) is 8.22. The molecule has 2 rings (SSSR count). The molecule has 0 saturated heterocycles. The van der Waals surface area contributed by atoms with E-state index >= 15 is 0 Å². The van der Waals surface area contributed by atoms with Crippen LogP contribution in [0.5, 0.6) is 11.5 Å². The van der Waals surface area contributed by atoms with Crippen LogP contribution in [-0.4, -0.2) is 18.7 Å². The van der Waals surface area contributed by atoms with Gasteiger partial charge in [-0.05, 0) is 44.5 Å². The van der Waals surface area contributed by atoms with Crippen molar-refractivity contribution in [3.8, 4) is 11.5 Å². The molecule has 0 bridgehead atoms. The Morgan fingerprint density at radius 1 is 1.04 bits per heavy atom. The normalized spacial score (nSPS) is 10.4. The average molecular weight is 314 g/mol. The van der Waals surface area contributed by atoms with Crippen molar-refractivity contribution in [2.75, 3.05) is 6.61 Å². The van der Waals surface area contributed by atoms with Gasteiger partial charge in [0.25, 0.3) is 0 Å². The Hall–Kier alpha value is -2.49. The third-order valence-corrected chi connectivity index (χ3v) is 3.05. The van der Waals surface area contributed by atoms with Crippen molar-refractivity contribution in [3.63, 3.8) is 0 Å². The van der Waals surface area contributed by atoms with Crippen LogP contribution in [0.4, 0.5) is 0 Å². The number of carbonyl (C=O) groups excluding carboxylic acids is 1. The van der Waals surface area contributed by atoms with Gasteiger partial charge in [0.2, 0.25) is 0 Å². The zero-order chi connectivity index (χ0) is 16.7. The van der Waals surface area contributed by atoms with E-state index in [0.29, 0.717) is 30.3 Å². The van der Waals surface area contributed by atoms with Gasteiger partial charge in [0.05, 0.1) is 18.3 Å². The van der Waals surface area contributed by atoms with Crippen LogP contribution in [-0.2, 0) is 11.3 Å². The first-order valence-corrected chi connectivity index (χ1v) is 7.74. The Balaban J connectivity index is 2.18. The largest absolute Gasteiger partial charge is 0.487 e. The molecule has 0 unspecified atom stereocenters. The molecule has 4 nitrogen and oxygen atoms in total. The summed E-state index contributed by atoms with van der Waals surface area (Å²) in [6, 6.07) is 15.0. The molecule has 0 spiro atoms. The number of hydrogen-bond acceptors (Lipinski definition) is 4. The number of esters is 1. The number of benzene rings is 2. The zero-order valence-corrected chi connectivity index (χ0v) is 13.7. The fourth-order valence-corrected chi connectivity index (χ4v) is 2.05. The highest BCUT2D eigenvalue weighted by molar-refractivity contribution is 5.90. The Morgan fingerprint density at radius 2 is 1.78 bits per heavy atom. The van der Waals surface area contributed by atoms with E-state index in [0.717, 1.165) is 5.56 Å². The van der Waals surface area contributed by atoms with E-state index in [1.54, 1.807) is 25.1 Å². The van der Waals surface area contributed by atoms with Crippen LogP contribution >= 0.6 is 0 Å². The lowest BCUT2D eigenvalue weighted by Gasteiger charge is -2.16. The summed E-state index contributed by atoms with van der Waals surface area (Å²) in [4.78, 5) is 11.9. The second-order valence-corrected chi connectivity index (χ2v) is 5.32. The summed E-state index contributed by atoms with van der Waals surface area (Å²) in [5.41, 5.74) is 1.52. The molecular formula is C19H22O4. The summed E-state index contributed by atoms with van der Waals surface area (Å²) >= 11 is 0. The Bertz CT molecular complexity index is 635. The molecule has 23 heavy (non-hydrogen) atoms. The Labute approximate surface area is 137 Å². The minimum absolute atomic E-state index is 0.0217. The molecule has 0 aliphatic rings. The Kier molecular flexibility index (Phi) is 6.03. The first-order valence-electron chi connectivity index (χ1n) is 7.74. The van der Waals surface area contributed by atoms with Crippen molar-refractivity contribution in [1.82, 2.24) is 0 Å². The highest BCUT2D eigenvalue weighted by Crippen LogP contribution is 2.30. The number of ether oxygens (including phenoxy) is 3. The number of hydrogen-bond donors (Lipinski definition) is 0. The molecule has 0 saturated carbocycles. The van der Waals surface area contributed by atoms with E-state index in [4.69, 9.17) is 14.2 Å². The van der Waals surface area contributed by atoms with Gasteiger partial charge in [-0.1, -0.05) is 30.3 Å². The third kappa shape index (κ3) is 5.02. The van der Waals surface area contributed by atoms with Crippen molar-refractivity contribution in [1.29, 1.82) is 0 Å². The highest BCUT2D eigenvalue weighted by atomic mass is 16.5. The fraction of sp³-hybridized carbons (Fsp3) is 0.316. The standard InChI is InChI=1S/C19H22O4/c1-4-21-19(20)16-10-11-17(18(12-16)23-14(2)3)22-13-15-8-6-5-7-9-15/h5-12,14H,4,13H2,1-3H3. The molecule has 0 N–H and O–H groups in total. The van der Waals surface area contributed by atoms with Crippen LogP contribution in [0.15, 0.2) is 48.5 Å². The van der Waals surface area contributed by atoms with E-state index in [-0.39, 0.29) is 12.1 Å². The summed E-state index contributed by atoms with van der Waals surface area (Å²) in [6.45, 7) is 6.41. The molecule has 0 amide bonds. The first kappa shape index (κ1) is 16.9. The van der Waals surface area contributed by atoms with E-state index in [2.05, 4.69) is 0 Å². The van der Waals surface area contributed by atoms with Crippen LogP contribution in [0, 0.1) is 0 Å². The minimum atomic E-state index is -0.365. The average Bonchev–Trinajstić information content (AvgIpc) is 2.54. The summed E-state index contributed by atoms with van der Waals surface area (Å²) in [5, 5.41) is 0. The van der Waals surface area contributed by atoms with Crippen molar-refractivity contribution in [3.05, 3.63) is 59.7 Å². The Morgan fingerprint density at radius 3 is 2.43 bits per heavy atom. The fourth-order valence-electron chi connectivity index (χ4n) is 2.05. The van der Waals surface area contributed by atoms with Gasteiger partial charge in [-0.3, -0.25) is 0 Å². The van der Waals surface area contributed by atoms with Crippen LogP contribution in [0.25, 0.3) is 0 Å². The summed E-state index contributed by atoms with van der Waals surface area (Å²) in [7, 11) is 0. The van der Waals surface area contributed by atoms with Gasteiger partial charge in [-0.25, -0.2) is 4.79 Å². The molecule has 0 heterocycles. The number of rotatable bonds is 7. The minimum Gasteiger partial charge on any atom is -0.487 e. The molecule has 0 fully saturated rings. The number of carbonyl (C=O) groups is 1. The maximum Gasteiger partial charge on any atom is 0.338 e. The van der Waals surface area contributed by atoms with Gasteiger partial charge in [0, 0.05) is 0 Å². The molecule has 0 atom stereocenters. The maximum atomic E-state index is 11.9. The SMILES string of the molecule is CCOC(=O)c1ccc(OCc2ccccc2)c(OC(C)C)c1. The lowest BCUT2D eigenvalue weighted by Crippen LogP contribution is -2.10. The van der Waals surface area contributed by atoms with Crippen LogP contribution in [0.1, 0.15) is 36.7 Å². The molecule has 122 valence electrons. The third-order valence-electron chi connectivity index (χ3n) is 3.05. The van der Waals surface area contributed by atoms with Gasteiger partial charge < -0.3 is 14.2 Å². The second-order valence-electron chi connectivity index (χ2n) is 5.32. The van der Waals surface area contributed by atoms with Crippen molar-refractivity contribution < 1.29 is 19.0 Å². The lowest BCUT2D eigenvalue weighted by atomic mass is 10.2. The first-order chi connectivity index (χ1) is 11.1. The van der Waals surface area contributed by atoms with Crippen molar-refractivity contribution in [2.45, 2.75) is 33.5 Å². The van der Waals surface area contributed by atoms with E-state index in [1.807, 2.05) is 44.2 Å². The monoisotopic (exact) mass is 314 g/mol. The predicted molar refractivity (Wildman–Crippen MR) is 88.9 cm³/mol. The van der Waals surface area contributed by atoms with Crippen LogP contribution in [0.3, 0.4) is 0 Å². The lowest BCUT2D eigenvalue weighted by molar-refractivity contribution is 0.0525. The van der Waals surface area contributed by atoms with E-state index in [9.17, 15) is 4.79 Å². The highest BCUT2D eigenvalue weighted by Gasteiger charge is 2.13. The van der Waals surface area contributed by atoms with E-state index < -0.39 is 0 Å². The molecule has 2 aromatic rings. The molecule has 0 radical (unpaired) electrons. The van der Waals surface area contributed by atoms with Crippen molar-refractivity contribution in [2.24, 2.45) is 0 Å². The predicted octanol–water partition coefficient (Wildman–Crippen LogP) is 4.23. The van der Waals surface area contributed by atoms with Crippen LogP contribution < -0.4 is 9.47 Å². The van der Waals surface area contributed by atoms with Gasteiger partial charge in [0.15, 0.2) is 11.5 Å². The van der Waals surface area contributed by atoms with Gasteiger partial charge in [0.1, 0.15) is 6.61 Å². The quantitative estimate of drug-likeness (QED) is 0.717. The summed E-state index contributed by atoms with van der Waals surface area (Å²) < 4.78 is 16.6. The molecule has 0 aliphatic carbocycles. The molecule has 0 aliphatic heterocycles. The summed E-state index contributed by atoms with van der Waals surface area (Å²) in [5.74, 6) is 0.785. The van der Waals surface area contributed by atoms with Crippen LogP contribution in [0.2, 0.25) is 0 Å². The molecule has 2 aromatic carbocycles. The molecular weight excluding hydrogens is 292 g/mol. The zero-order valence-electron chi connectivity index (χ0n) is 13.7.